The molecule has 1 aliphatic rings. The summed E-state index contributed by atoms with van der Waals surface area (Å²) in [4.78, 5) is 21.7. The number of hydrogen-bond donors (Lipinski definition) is 0. The van der Waals surface area contributed by atoms with Crippen LogP contribution in [-0.2, 0) is 16.1 Å². The molecule has 8 heteroatoms. The van der Waals surface area contributed by atoms with Crippen LogP contribution in [-0.4, -0.2) is 52.2 Å². The fourth-order valence-corrected chi connectivity index (χ4v) is 2.58. The number of halogens is 1. The van der Waals surface area contributed by atoms with Crippen molar-refractivity contribution in [1.29, 1.82) is 0 Å². The number of nitrogens with zero attached hydrogens (tertiary/aromatic N) is 4. The first-order valence-corrected chi connectivity index (χ1v) is 7.19. The van der Waals surface area contributed by atoms with Crippen molar-refractivity contribution in [2.75, 3.05) is 26.9 Å². The molecule has 0 aromatic carbocycles. The Hall–Kier alpha value is -2.48. The minimum Gasteiger partial charge on any atom is -0.473 e. The van der Waals surface area contributed by atoms with Crippen LogP contribution in [0.1, 0.15) is 11.7 Å². The van der Waals surface area contributed by atoms with E-state index in [1.54, 1.807) is 17.4 Å². The van der Waals surface area contributed by atoms with E-state index in [1.807, 2.05) is 4.57 Å². The second-order valence-corrected chi connectivity index (χ2v) is 5.25. The molecular formula is C15H17FN4O3. The van der Waals surface area contributed by atoms with Gasteiger partial charge in [0, 0.05) is 26.0 Å². The molecule has 7 nitrogen and oxygen atoms in total. The molecule has 3 rings (SSSR count). The molecule has 122 valence electrons. The summed E-state index contributed by atoms with van der Waals surface area (Å²) in [6.07, 6.45) is 4.87. The Morgan fingerprint density at radius 1 is 1.52 bits per heavy atom. The van der Waals surface area contributed by atoms with Gasteiger partial charge in [-0.05, 0) is 12.1 Å². The first-order chi connectivity index (χ1) is 11.2. The number of imidazole rings is 1. The quantitative estimate of drug-likeness (QED) is 0.823. The molecule has 0 radical (unpaired) electrons. The zero-order valence-electron chi connectivity index (χ0n) is 12.7. The maximum atomic E-state index is 13.6. The highest BCUT2D eigenvalue weighted by molar-refractivity contribution is 5.77. The molecule has 2 aromatic heterocycles. The van der Waals surface area contributed by atoms with Crippen LogP contribution >= 0.6 is 0 Å². The van der Waals surface area contributed by atoms with E-state index in [1.165, 1.54) is 25.4 Å². The third kappa shape index (κ3) is 3.31. The van der Waals surface area contributed by atoms with Crippen LogP contribution in [0.25, 0.3) is 0 Å². The fourth-order valence-electron chi connectivity index (χ4n) is 2.58. The highest BCUT2D eigenvalue weighted by atomic mass is 19.1. The second kappa shape index (κ2) is 6.74. The van der Waals surface area contributed by atoms with Crippen LogP contribution in [0.4, 0.5) is 4.39 Å². The van der Waals surface area contributed by atoms with E-state index in [0.717, 1.165) is 5.69 Å². The van der Waals surface area contributed by atoms with Gasteiger partial charge in [0.2, 0.25) is 11.8 Å². The molecule has 0 unspecified atom stereocenters. The Labute approximate surface area is 132 Å². The highest BCUT2D eigenvalue weighted by Gasteiger charge is 2.28. The predicted octanol–water partition coefficient (Wildman–Crippen LogP) is 1.03. The Balaban J connectivity index is 1.73. The topological polar surface area (TPSA) is 69.5 Å². The van der Waals surface area contributed by atoms with Gasteiger partial charge in [-0.1, -0.05) is 0 Å². The summed E-state index contributed by atoms with van der Waals surface area (Å²) >= 11 is 0. The normalized spacial score (nSPS) is 17.0. The van der Waals surface area contributed by atoms with E-state index in [9.17, 15) is 9.18 Å². The molecular weight excluding hydrogens is 303 g/mol. The van der Waals surface area contributed by atoms with Crippen LogP contribution in [0.5, 0.6) is 5.88 Å². The Morgan fingerprint density at radius 2 is 2.39 bits per heavy atom. The highest BCUT2D eigenvalue weighted by Crippen LogP contribution is 2.22. The average Bonchev–Trinajstić information content (AvgIpc) is 3.02. The van der Waals surface area contributed by atoms with Gasteiger partial charge in [0.1, 0.15) is 13.2 Å². The SMILES string of the molecule is COCC(=O)N1Cc2cncn2[C@H](COc2ncccc2F)C1. The van der Waals surface area contributed by atoms with E-state index in [2.05, 4.69) is 9.97 Å². The third-order valence-corrected chi connectivity index (χ3v) is 3.68. The molecule has 1 amide bonds. The zero-order chi connectivity index (χ0) is 16.2. The molecule has 1 aliphatic heterocycles. The van der Waals surface area contributed by atoms with Crippen molar-refractivity contribution < 1.29 is 18.7 Å². The molecule has 0 fully saturated rings. The summed E-state index contributed by atoms with van der Waals surface area (Å²) < 4.78 is 25.9. The van der Waals surface area contributed by atoms with Crippen LogP contribution in [0.3, 0.4) is 0 Å². The van der Waals surface area contributed by atoms with E-state index >= 15 is 0 Å². The largest absolute Gasteiger partial charge is 0.473 e. The summed E-state index contributed by atoms with van der Waals surface area (Å²) in [6, 6.07) is 2.63. The summed E-state index contributed by atoms with van der Waals surface area (Å²) in [6.45, 7) is 1.13. The maximum Gasteiger partial charge on any atom is 0.250 e. The van der Waals surface area contributed by atoms with Crippen molar-refractivity contribution in [1.82, 2.24) is 19.4 Å². The van der Waals surface area contributed by atoms with Crippen molar-refractivity contribution in [3.8, 4) is 5.88 Å². The first-order valence-electron chi connectivity index (χ1n) is 7.19. The second-order valence-electron chi connectivity index (χ2n) is 5.25. The van der Waals surface area contributed by atoms with E-state index in [4.69, 9.17) is 9.47 Å². The van der Waals surface area contributed by atoms with Crippen LogP contribution < -0.4 is 4.74 Å². The standard InChI is InChI=1S/C15H17FN4O3/c1-22-9-14(21)19-6-11-5-17-10-20(11)12(7-19)8-23-15-13(16)3-2-4-18-15/h2-5,10,12H,6-9H2,1H3/t12-/m0/s1. The smallest absolute Gasteiger partial charge is 0.250 e. The van der Waals surface area contributed by atoms with Gasteiger partial charge < -0.3 is 18.9 Å². The van der Waals surface area contributed by atoms with Crippen LogP contribution in [0.15, 0.2) is 30.9 Å². The average molecular weight is 320 g/mol. The monoisotopic (exact) mass is 320 g/mol. The minimum absolute atomic E-state index is 0.0244. The Kier molecular flexibility index (Phi) is 4.52. The van der Waals surface area contributed by atoms with Crippen molar-refractivity contribution >= 4 is 5.91 Å². The van der Waals surface area contributed by atoms with Crippen LogP contribution in [0, 0.1) is 5.82 Å². The number of carbonyl (C=O) groups is 1. The molecule has 2 aromatic rings. The first kappa shape index (κ1) is 15.4. The molecule has 0 bridgehead atoms. The number of aromatic nitrogens is 3. The number of carbonyl (C=O) groups excluding carboxylic acids is 1. The lowest BCUT2D eigenvalue weighted by Gasteiger charge is -2.34. The van der Waals surface area contributed by atoms with Gasteiger partial charge in [-0.15, -0.1) is 0 Å². The van der Waals surface area contributed by atoms with E-state index < -0.39 is 5.82 Å². The minimum atomic E-state index is -0.513. The lowest BCUT2D eigenvalue weighted by Crippen LogP contribution is -2.43. The van der Waals surface area contributed by atoms with Crippen molar-refractivity contribution in [3.05, 3.63) is 42.4 Å². The molecule has 0 spiro atoms. The van der Waals surface area contributed by atoms with Crippen LogP contribution in [0.2, 0.25) is 0 Å². The van der Waals surface area contributed by atoms with Gasteiger partial charge in [0.25, 0.3) is 0 Å². The number of hydrogen-bond acceptors (Lipinski definition) is 5. The molecule has 3 heterocycles. The van der Waals surface area contributed by atoms with Gasteiger partial charge in [-0.3, -0.25) is 4.79 Å². The number of methoxy groups -OCH3 is 1. The number of ether oxygens (including phenoxy) is 2. The summed E-state index contributed by atoms with van der Waals surface area (Å²) in [7, 11) is 1.48. The van der Waals surface area contributed by atoms with Gasteiger partial charge in [-0.25, -0.2) is 14.4 Å². The number of rotatable bonds is 5. The Morgan fingerprint density at radius 3 is 3.17 bits per heavy atom. The number of amides is 1. The van der Waals surface area contributed by atoms with Crippen molar-refractivity contribution in [3.63, 3.8) is 0 Å². The third-order valence-electron chi connectivity index (χ3n) is 3.68. The lowest BCUT2D eigenvalue weighted by molar-refractivity contribution is -0.137. The maximum absolute atomic E-state index is 13.6. The predicted molar refractivity (Wildman–Crippen MR) is 78.2 cm³/mol. The molecule has 23 heavy (non-hydrogen) atoms. The molecule has 0 saturated heterocycles. The number of pyridine rings is 1. The van der Waals surface area contributed by atoms with Gasteiger partial charge >= 0.3 is 0 Å². The van der Waals surface area contributed by atoms with Gasteiger partial charge in [0.15, 0.2) is 5.82 Å². The van der Waals surface area contributed by atoms with Crippen molar-refractivity contribution in [2.45, 2.75) is 12.6 Å². The van der Waals surface area contributed by atoms with Gasteiger partial charge in [-0.2, -0.15) is 0 Å². The molecule has 0 aliphatic carbocycles. The molecule has 0 N–H and O–H groups in total. The zero-order valence-corrected chi connectivity index (χ0v) is 12.7. The van der Waals surface area contributed by atoms with Crippen molar-refractivity contribution in [2.24, 2.45) is 0 Å². The summed E-state index contributed by atoms with van der Waals surface area (Å²) in [5.74, 6) is -0.662. The molecule has 0 saturated carbocycles. The fraction of sp³-hybridized carbons (Fsp3) is 0.400. The van der Waals surface area contributed by atoms with E-state index in [-0.39, 0.29) is 31.0 Å². The Bertz CT molecular complexity index is 691. The molecule has 1 atom stereocenters. The summed E-state index contributed by atoms with van der Waals surface area (Å²) in [5, 5.41) is 0. The van der Waals surface area contributed by atoms with Gasteiger partial charge in [0.05, 0.1) is 24.6 Å². The van der Waals surface area contributed by atoms with E-state index in [0.29, 0.717) is 13.1 Å². The summed E-state index contributed by atoms with van der Waals surface area (Å²) in [5.41, 5.74) is 0.899. The number of fused-ring (bicyclic) bond motifs is 1. The lowest BCUT2D eigenvalue weighted by atomic mass is 10.2.